The van der Waals surface area contributed by atoms with Crippen molar-refractivity contribution in [3.8, 4) is 0 Å². The maximum Gasteiger partial charge on any atom is 0.330 e. The average molecular weight is 213 g/mol. The number of quaternary nitrogens is 1. The monoisotopic (exact) mass is 213 g/mol. The van der Waals surface area contributed by atoms with Gasteiger partial charge in [0, 0.05) is 11.3 Å². The third kappa shape index (κ3) is 24.7. The molecule has 0 rings (SSSR count). The molecule has 0 atom stereocenters. The third-order valence-electron chi connectivity index (χ3n) is 0.719. The number of carboxylic acids is 1. The van der Waals surface area contributed by atoms with E-state index in [-0.39, 0.29) is 17.5 Å². The van der Waals surface area contributed by atoms with Gasteiger partial charge in [0.1, 0.15) is 0 Å². The highest BCUT2D eigenvalue weighted by atomic mass is 32.2. The van der Waals surface area contributed by atoms with E-state index < -0.39 is 16.1 Å². The standard InChI is InChI=1S/C4H6O2.C2H6O3S.H3N/c1-3(2)4(5)6;1-2-6(3,4)5;/h1H2,2H3,(H,5,6);2H2,1H3,(H,3,4,5);1H3. The van der Waals surface area contributed by atoms with Crippen molar-refractivity contribution in [1.29, 1.82) is 0 Å². The van der Waals surface area contributed by atoms with Crippen molar-refractivity contribution in [2.75, 3.05) is 5.75 Å². The Bertz CT molecular complexity index is 244. The Morgan fingerprint density at radius 3 is 1.69 bits per heavy atom. The Hall–Kier alpha value is -0.920. The molecule has 0 saturated heterocycles. The predicted molar refractivity (Wildman–Crippen MR) is 48.7 cm³/mol. The van der Waals surface area contributed by atoms with Gasteiger partial charge in [0.2, 0.25) is 0 Å². The molecule has 0 aliphatic carbocycles. The summed E-state index contributed by atoms with van der Waals surface area (Å²) in [4.78, 5) is 9.60. The number of carbonyl (C=O) groups is 1. The van der Waals surface area contributed by atoms with Gasteiger partial charge in [-0.15, -0.1) is 0 Å². The van der Waals surface area contributed by atoms with Crippen molar-refractivity contribution in [2.24, 2.45) is 0 Å². The van der Waals surface area contributed by atoms with Gasteiger partial charge in [-0.3, -0.25) is 0 Å². The van der Waals surface area contributed by atoms with Crippen molar-refractivity contribution in [3.63, 3.8) is 0 Å². The predicted octanol–water partition coefficient (Wildman–Crippen LogP) is 0.575. The molecule has 13 heavy (non-hydrogen) atoms. The summed E-state index contributed by atoms with van der Waals surface area (Å²) in [5.74, 6) is -1.25. The van der Waals surface area contributed by atoms with Gasteiger partial charge in [0.15, 0.2) is 0 Å². The van der Waals surface area contributed by atoms with E-state index in [2.05, 4.69) is 6.58 Å². The normalized spacial score (nSPS) is 8.85. The average Bonchev–Trinajstić information content (AvgIpc) is 1.87. The zero-order chi connectivity index (χ0) is 10.4. The van der Waals surface area contributed by atoms with E-state index in [1.54, 1.807) is 0 Å². The Morgan fingerprint density at radius 1 is 1.54 bits per heavy atom. The molecule has 0 radical (unpaired) electrons. The molecule has 6 nitrogen and oxygen atoms in total. The first-order chi connectivity index (χ1) is 5.20. The highest BCUT2D eigenvalue weighted by Gasteiger charge is 1.90. The third-order valence-corrected chi connectivity index (χ3v) is 1.43. The lowest BCUT2D eigenvalue weighted by molar-refractivity contribution is -0.132. The maximum absolute atomic E-state index is 9.60. The largest absolute Gasteiger partial charge is 0.748 e. The van der Waals surface area contributed by atoms with Crippen LogP contribution in [0.15, 0.2) is 12.2 Å². The van der Waals surface area contributed by atoms with Gasteiger partial charge in [-0.1, -0.05) is 13.5 Å². The van der Waals surface area contributed by atoms with Crippen LogP contribution in [0, 0.1) is 0 Å². The molecule has 0 amide bonds. The Labute approximate surface area is 77.6 Å². The minimum atomic E-state index is -3.91. The molecule has 0 unspecified atom stereocenters. The van der Waals surface area contributed by atoms with Crippen LogP contribution < -0.4 is 6.15 Å². The fourth-order valence-corrected chi connectivity index (χ4v) is 0. The minimum Gasteiger partial charge on any atom is -0.748 e. The topological polar surface area (TPSA) is 131 Å². The van der Waals surface area contributed by atoms with Gasteiger partial charge in [-0.25, -0.2) is 13.2 Å². The highest BCUT2D eigenvalue weighted by Crippen LogP contribution is 1.81. The summed E-state index contributed by atoms with van der Waals surface area (Å²) in [5.41, 5.74) is 0.176. The summed E-state index contributed by atoms with van der Waals surface area (Å²) in [5, 5.41) is 7.89. The van der Waals surface area contributed by atoms with Gasteiger partial charge in [-0.05, 0) is 6.92 Å². The van der Waals surface area contributed by atoms with Crippen LogP contribution in [0.4, 0.5) is 0 Å². The second-order valence-corrected chi connectivity index (χ2v) is 3.62. The van der Waals surface area contributed by atoms with Crippen LogP contribution in [0.25, 0.3) is 0 Å². The van der Waals surface area contributed by atoms with Crippen LogP contribution in [0.1, 0.15) is 13.8 Å². The lowest BCUT2D eigenvalue weighted by atomic mass is 10.4. The smallest absolute Gasteiger partial charge is 0.330 e. The zero-order valence-electron chi connectivity index (χ0n) is 7.90. The molecule has 7 heteroatoms. The van der Waals surface area contributed by atoms with Crippen molar-refractivity contribution < 1.29 is 22.9 Å². The number of hydrogen-bond donors (Lipinski definition) is 2. The zero-order valence-corrected chi connectivity index (χ0v) is 8.72. The molecular weight excluding hydrogens is 198 g/mol. The number of hydrogen-bond acceptors (Lipinski definition) is 4. The summed E-state index contributed by atoms with van der Waals surface area (Å²) < 4.78 is 28.3. The molecule has 0 bridgehead atoms. The lowest BCUT2D eigenvalue weighted by Gasteiger charge is -1.97. The number of aliphatic carboxylic acids is 1. The van der Waals surface area contributed by atoms with Gasteiger partial charge < -0.3 is 15.8 Å². The van der Waals surface area contributed by atoms with Crippen LogP contribution in [0.5, 0.6) is 0 Å². The summed E-state index contributed by atoms with van der Waals surface area (Å²) >= 11 is 0. The van der Waals surface area contributed by atoms with E-state index in [1.807, 2.05) is 0 Å². The molecule has 0 saturated carbocycles. The van der Waals surface area contributed by atoms with E-state index in [4.69, 9.17) is 5.11 Å². The van der Waals surface area contributed by atoms with Gasteiger partial charge in [0.25, 0.3) is 0 Å². The lowest BCUT2D eigenvalue weighted by Crippen LogP contribution is -1.98. The molecule has 0 aromatic carbocycles. The van der Waals surface area contributed by atoms with Crippen molar-refractivity contribution in [1.82, 2.24) is 6.15 Å². The number of carboxylic acid groups (broad SMARTS) is 1. The van der Waals surface area contributed by atoms with E-state index >= 15 is 0 Å². The minimum absolute atomic E-state index is 0. The second-order valence-electron chi connectivity index (χ2n) is 1.93. The molecule has 80 valence electrons. The molecule has 0 heterocycles. The molecular formula is C6H15NO5S. The van der Waals surface area contributed by atoms with Crippen LogP contribution in [-0.4, -0.2) is 29.8 Å². The molecule has 0 spiro atoms. The van der Waals surface area contributed by atoms with Crippen molar-refractivity contribution in [3.05, 3.63) is 12.2 Å². The van der Waals surface area contributed by atoms with Crippen LogP contribution in [-0.2, 0) is 14.9 Å². The van der Waals surface area contributed by atoms with E-state index in [0.717, 1.165) is 0 Å². The molecule has 0 fully saturated rings. The van der Waals surface area contributed by atoms with Gasteiger partial charge in [0.05, 0.1) is 10.1 Å². The molecule has 0 aromatic rings. The molecule has 0 aromatic heterocycles. The van der Waals surface area contributed by atoms with Gasteiger partial charge >= 0.3 is 5.97 Å². The van der Waals surface area contributed by atoms with Crippen molar-refractivity contribution >= 4 is 16.1 Å². The first-order valence-corrected chi connectivity index (χ1v) is 4.60. The Morgan fingerprint density at radius 2 is 1.69 bits per heavy atom. The highest BCUT2D eigenvalue weighted by molar-refractivity contribution is 7.85. The maximum atomic E-state index is 9.60. The van der Waals surface area contributed by atoms with Crippen LogP contribution >= 0.6 is 0 Å². The molecule has 0 aliphatic rings. The van der Waals surface area contributed by atoms with E-state index in [1.165, 1.54) is 13.8 Å². The summed E-state index contributed by atoms with van der Waals surface area (Å²) in [6.45, 7) is 5.91. The fourth-order valence-electron chi connectivity index (χ4n) is 0. The van der Waals surface area contributed by atoms with Gasteiger partial charge in [-0.2, -0.15) is 0 Å². The summed E-state index contributed by atoms with van der Waals surface area (Å²) in [6.07, 6.45) is 0. The first kappa shape index (κ1) is 18.0. The fraction of sp³-hybridized carbons (Fsp3) is 0.500. The molecule has 0 aliphatic heterocycles. The Kier molecular flexibility index (Phi) is 10.7. The molecule has 5 N–H and O–H groups in total. The first-order valence-electron chi connectivity index (χ1n) is 3.03. The second kappa shape index (κ2) is 7.71. The Balaban J connectivity index is -0.000000143. The van der Waals surface area contributed by atoms with Crippen LogP contribution in [0.3, 0.4) is 0 Å². The number of rotatable bonds is 2. The quantitative estimate of drug-likeness (QED) is 0.511. The van der Waals surface area contributed by atoms with E-state index in [9.17, 15) is 17.8 Å². The van der Waals surface area contributed by atoms with Crippen molar-refractivity contribution in [2.45, 2.75) is 13.8 Å². The summed E-state index contributed by atoms with van der Waals surface area (Å²) in [7, 11) is -3.91. The summed E-state index contributed by atoms with van der Waals surface area (Å²) in [6, 6.07) is 0. The van der Waals surface area contributed by atoms with E-state index in [0.29, 0.717) is 0 Å². The van der Waals surface area contributed by atoms with Crippen LogP contribution in [0.2, 0.25) is 0 Å². The SMILES string of the molecule is C=C(C)C(=O)O.CCS(=O)(=O)[O-].[NH4+].